The number of halogens is 5. The van der Waals surface area contributed by atoms with Gasteiger partial charge in [0.15, 0.2) is 17.4 Å². The van der Waals surface area contributed by atoms with E-state index in [-0.39, 0.29) is 23.2 Å². The summed E-state index contributed by atoms with van der Waals surface area (Å²) in [7, 11) is -1.41. The Bertz CT molecular complexity index is 1480. The van der Waals surface area contributed by atoms with Gasteiger partial charge >= 0.3 is 6.18 Å². The molecule has 6 nitrogen and oxygen atoms in total. The third-order valence-electron chi connectivity index (χ3n) is 5.66. The summed E-state index contributed by atoms with van der Waals surface area (Å²) in [5.41, 5.74) is -1.25. The van der Waals surface area contributed by atoms with Crippen molar-refractivity contribution >= 4 is 42.2 Å². The van der Waals surface area contributed by atoms with Gasteiger partial charge in [-0.25, -0.2) is 13.8 Å². The van der Waals surface area contributed by atoms with Crippen LogP contribution in [-0.4, -0.2) is 29.4 Å². The van der Waals surface area contributed by atoms with E-state index in [1.165, 1.54) is 10.8 Å². The average molecular weight is 596 g/mol. The van der Waals surface area contributed by atoms with Crippen molar-refractivity contribution < 1.29 is 36.2 Å². The summed E-state index contributed by atoms with van der Waals surface area (Å²) in [5, 5.41) is 1.95. The first kappa shape index (κ1) is 29.4. The minimum Gasteiger partial charge on any atom is -0.450 e. The van der Waals surface area contributed by atoms with E-state index in [1.54, 1.807) is 30.3 Å². The van der Waals surface area contributed by atoms with E-state index in [2.05, 4.69) is 29.9 Å². The van der Waals surface area contributed by atoms with Gasteiger partial charge in [-0.05, 0) is 36.5 Å². The van der Waals surface area contributed by atoms with Gasteiger partial charge in [0.2, 0.25) is 0 Å². The summed E-state index contributed by atoms with van der Waals surface area (Å²) in [5.74, 6) is -3.23. The molecule has 0 fully saturated rings. The highest BCUT2D eigenvalue weighted by Crippen LogP contribution is 2.42. The van der Waals surface area contributed by atoms with Crippen LogP contribution in [-0.2, 0) is 17.6 Å². The summed E-state index contributed by atoms with van der Waals surface area (Å²) in [4.78, 5) is 4.06. The van der Waals surface area contributed by atoms with E-state index in [1.807, 2.05) is 0 Å². The molecule has 4 aromatic rings. The van der Waals surface area contributed by atoms with Crippen LogP contribution in [0.2, 0.25) is 25.7 Å². The van der Waals surface area contributed by atoms with Crippen molar-refractivity contribution in [2.75, 3.05) is 11.9 Å². The Balaban J connectivity index is 1.59. The van der Waals surface area contributed by atoms with E-state index >= 15 is 0 Å². The number of nitrogens with zero attached hydrogens (tertiary/aromatic N) is 2. The van der Waals surface area contributed by atoms with Crippen LogP contribution in [0.3, 0.4) is 0 Å². The lowest BCUT2D eigenvalue weighted by atomic mass is 10.2. The molecule has 40 heavy (non-hydrogen) atoms. The van der Waals surface area contributed by atoms with Crippen LogP contribution in [0.4, 0.5) is 27.6 Å². The number of thiocarbonyl (C=S) groups is 1. The number of ether oxygens (including phenoxy) is 3. The third-order valence-corrected chi connectivity index (χ3v) is 7.55. The molecular weight excluding hydrogens is 569 g/mol. The highest BCUT2D eigenvalue weighted by Gasteiger charge is 2.37. The Hall–Kier alpha value is -3.55. The van der Waals surface area contributed by atoms with Crippen molar-refractivity contribution in [2.45, 2.75) is 38.6 Å². The first-order chi connectivity index (χ1) is 18.8. The molecule has 0 saturated carbocycles. The van der Waals surface area contributed by atoms with Gasteiger partial charge in [0.25, 0.3) is 5.17 Å². The quantitative estimate of drug-likeness (QED) is 0.0911. The lowest BCUT2D eigenvalue weighted by Crippen LogP contribution is -2.22. The van der Waals surface area contributed by atoms with Crippen molar-refractivity contribution in [3.8, 4) is 17.2 Å². The number of alkyl halides is 3. The van der Waals surface area contributed by atoms with Crippen LogP contribution >= 0.6 is 12.2 Å². The van der Waals surface area contributed by atoms with Gasteiger partial charge in [0.05, 0.1) is 10.9 Å². The summed E-state index contributed by atoms with van der Waals surface area (Å²) in [6, 6.07) is 12.2. The number of fused-ring (bicyclic) bond motifs is 1. The molecule has 212 valence electrons. The molecule has 13 heteroatoms. The number of nitrogens with one attached hydrogen (secondary N) is 1. The lowest BCUT2D eigenvalue weighted by molar-refractivity contribution is -0.136. The predicted molar refractivity (Wildman–Crippen MR) is 149 cm³/mol. The first-order valence-electron chi connectivity index (χ1n) is 12.2. The molecule has 2 heterocycles. The second-order valence-electron chi connectivity index (χ2n) is 10.1. The Morgan fingerprint density at radius 2 is 1.73 bits per heavy atom. The van der Waals surface area contributed by atoms with Gasteiger partial charge in [-0.3, -0.25) is 0 Å². The van der Waals surface area contributed by atoms with Gasteiger partial charge in [-0.15, -0.1) is 0 Å². The summed E-state index contributed by atoms with van der Waals surface area (Å²) in [6.07, 6.45) is -2.74. The second-order valence-corrected chi connectivity index (χ2v) is 16.1. The molecule has 0 saturated heterocycles. The highest BCUT2D eigenvalue weighted by molar-refractivity contribution is 7.80. The van der Waals surface area contributed by atoms with Crippen molar-refractivity contribution in [3.63, 3.8) is 0 Å². The zero-order valence-electron chi connectivity index (χ0n) is 21.8. The molecule has 0 atom stereocenters. The molecule has 1 N–H and O–H groups in total. The monoisotopic (exact) mass is 595 g/mol. The number of para-hydroxylation sites is 1. The number of rotatable bonds is 9. The SMILES string of the molecule is C[Si](C)(C)CCOCn1cc(C(F)(F)F)c2c(Oc3c(F)cc(NC(=S)Oc4ccccc4)cc3F)ccnc21. The van der Waals surface area contributed by atoms with Gasteiger partial charge in [0.1, 0.15) is 23.9 Å². The van der Waals surface area contributed by atoms with Crippen molar-refractivity contribution in [2.24, 2.45) is 0 Å². The van der Waals surface area contributed by atoms with E-state index < -0.39 is 48.3 Å². The molecule has 0 unspecified atom stereocenters. The predicted octanol–water partition coefficient (Wildman–Crippen LogP) is 8.21. The van der Waals surface area contributed by atoms with Crippen LogP contribution < -0.4 is 14.8 Å². The Labute approximate surface area is 233 Å². The smallest absolute Gasteiger partial charge is 0.418 e. The molecule has 0 spiro atoms. The molecule has 0 aliphatic heterocycles. The number of benzene rings is 2. The Morgan fingerprint density at radius 1 is 1.05 bits per heavy atom. The maximum Gasteiger partial charge on any atom is 0.418 e. The zero-order valence-corrected chi connectivity index (χ0v) is 23.6. The second kappa shape index (κ2) is 11.9. The number of aromatic nitrogens is 2. The van der Waals surface area contributed by atoms with E-state index in [4.69, 9.17) is 26.4 Å². The molecule has 0 bridgehead atoms. The maximum absolute atomic E-state index is 15.0. The van der Waals surface area contributed by atoms with E-state index in [0.717, 1.165) is 30.4 Å². The van der Waals surface area contributed by atoms with Crippen molar-refractivity contribution in [3.05, 3.63) is 78.1 Å². The molecule has 2 aromatic heterocycles. The molecular formula is C27H26F5N3O3SSi. The number of hydrogen-bond donors (Lipinski definition) is 1. The minimum absolute atomic E-state index is 0.0826. The van der Waals surface area contributed by atoms with Gasteiger partial charge in [0, 0.05) is 44.9 Å². The largest absolute Gasteiger partial charge is 0.450 e. The summed E-state index contributed by atoms with van der Waals surface area (Å²) < 4.78 is 89.4. The zero-order chi connectivity index (χ0) is 29.1. The first-order valence-corrected chi connectivity index (χ1v) is 16.3. The number of hydrogen-bond acceptors (Lipinski definition) is 5. The molecule has 0 aliphatic rings. The van der Waals surface area contributed by atoms with Crippen molar-refractivity contribution in [1.29, 1.82) is 0 Å². The van der Waals surface area contributed by atoms with Gasteiger partial charge in [-0.1, -0.05) is 37.8 Å². The lowest BCUT2D eigenvalue weighted by Gasteiger charge is -2.15. The van der Waals surface area contributed by atoms with E-state index in [0.29, 0.717) is 12.4 Å². The summed E-state index contributed by atoms with van der Waals surface area (Å²) >= 11 is 5.07. The van der Waals surface area contributed by atoms with Crippen LogP contribution in [0.1, 0.15) is 5.56 Å². The summed E-state index contributed by atoms with van der Waals surface area (Å²) in [6.45, 7) is 6.66. The molecule has 0 amide bonds. The van der Waals surface area contributed by atoms with Crippen LogP contribution in [0.15, 0.2) is 60.9 Å². The highest BCUT2D eigenvalue weighted by atomic mass is 32.1. The third kappa shape index (κ3) is 7.34. The number of pyridine rings is 1. The van der Waals surface area contributed by atoms with Crippen molar-refractivity contribution in [1.82, 2.24) is 9.55 Å². The molecule has 4 rings (SSSR count). The Morgan fingerprint density at radius 3 is 2.35 bits per heavy atom. The standard InChI is InChI=1S/C27H26F5N3O3SSi/c1-40(2,3)12-11-36-16-35-15-19(27(30,31)32)23-22(9-10-33-25(23)35)38-24-20(28)13-17(14-21(24)29)34-26(39)37-18-7-5-4-6-8-18/h4-10,13-15H,11-12,16H2,1-3H3,(H,34,39). The fourth-order valence-electron chi connectivity index (χ4n) is 3.70. The topological polar surface area (TPSA) is 57.5 Å². The maximum atomic E-state index is 15.0. The van der Waals surface area contributed by atoms with Gasteiger partial charge < -0.3 is 24.1 Å². The Kier molecular flexibility index (Phi) is 8.76. The normalized spacial score (nSPS) is 12.0. The van der Waals surface area contributed by atoms with E-state index in [9.17, 15) is 22.0 Å². The molecule has 2 aromatic carbocycles. The average Bonchev–Trinajstić information content (AvgIpc) is 3.24. The fourth-order valence-corrected chi connectivity index (χ4v) is 4.68. The van der Waals surface area contributed by atoms with Crippen LogP contribution in [0.25, 0.3) is 11.0 Å². The molecule has 0 radical (unpaired) electrons. The minimum atomic E-state index is -4.79. The molecule has 0 aliphatic carbocycles. The van der Waals surface area contributed by atoms with Crippen LogP contribution in [0, 0.1) is 11.6 Å². The van der Waals surface area contributed by atoms with Crippen LogP contribution in [0.5, 0.6) is 17.2 Å². The number of anilines is 1. The fraction of sp³-hybridized carbons (Fsp3) is 0.259. The van der Waals surface area contributed by atoms with Gasteiger partial charge in [-0.2, -0.15) is 13.2 Å².